The quantitative estimate of drug-likeness (QED) is 0.595. The topological polar surface area (TPSA) is 81.6 Å². The summed E-state index contributed by atoms with van der Waals surface area (Å²) in [6.45, 7) is 0. The summed E-state index contributed by atoms with van der Waals surface area (Å²) in [6.07, 6.45) is 11.3. The van der Waals surface area contributed by atoms with Gasteiger partial charge in [0.2, 0.25) is 11.7 Å². The number of halogens is 1. The van der Waals surface area contributed by atoms with Crippen LogP contribution in [0.5, 0.6) is 0 Å². The number of fused-ring (bicyclic) bond motifs is 2. The molecule has 4 aromatic rings. The molecule has 9 heteroatoms. The van der Waals surface area contributed by atoms with Crippen LogP contribution >= 0.6 is 11.6 Å². The molecule has 1 saturated carbocycles. The maximum absolute atomic E-state index is 6.15. The van der Waals surface area contributed by atoms with Crippen molar-refractivity contribution in [2.24, 2.45) is 0 Å². The van der Waals surface area contributed by atoms with E-state index < -0.39 is 0 Å². The normalized spacial score (nSPS) is 19.8. The second-order valence-corrected chi connectivity index (χ2v) is 6.79. The highest BCUT2D eigenvalue weighted by Gasteiger charge is 2.29. The van der Waals surface area contributed by atoms with Crippen molar-refractivity contribution in [3.8, 4) is 11.1 Å². The maximum atomic E-state index is 6.15. The van der Waals surface area contributed by atoms with Gasteiger partial charge in [-0.15, -0.1) is 5.10 Å². The number of ether oxygens (including phenoxy) is 1. The van der Waals surface area contributed by atoms with Crippen LogP contribution in [0.1, 0.15) is 12.8 Å². The van der Waals surface area contributed by atoms with E-state index in [0.29, 0.717) is 29.0 Å². The maximum Gasteiger partial charge on any atom is 0.241 e. The molecule has 5 rings (SSSR count). The van der Waals surface area contributed by atoms with E-state index in [-0.39, 0.29) is 0 Å². The lowest BCUT2D eigenvalue weighted by Gasteiger charge is -2.34. The Morgan fingerprint density at radius 2 is 2.04 bits per heavy atom. The molecular formula is C17H16ClN7O. The smallest absolute Gasteiger partial charge is 0.241 e. The lowest BCUT2D eigenvalue weighted by molar-refractivity contribution is 0.0326. The number of methoxy groups -OCH3 is 1. The van der Waals surface area contributed by atoms with E-state index in [1.165, 1.54) is 0 Å². The van der Waals surface area contributed by atoms with Crippen molar-refractivity contribution in [1.29, 1.82) is 0 Å². The van der Waals surface area contributed by atoms with Gasteiger partial charge in [-0.05, 0) is 18.9 Å². The third-order valence-electron chi connectivity index (χ3n) is 4.81. The van der Waals surface area contributed by atoms with E-state index in [1.807, 2.05) is 29.2 Å². The number of rotatable bonds is 4. The van der Waals surface area contributed by atoms with Crippen LogP contribution in [-0.4, -0.2) is 48.2 Å². The Hall–Kier alpha value is -2.71. The highest BCUT2D eigenvalue weighted by atomic mass is 35.5. The zero-order valence-corrected chi connectivity index (χ0v) is 14.8. The van der Waals surface area contributed by atoms with Gasteiger partial charge in [0.1, 0.15) is 5.15 Å². The molecule has 0 amide bonds. The van der Waals surface area contributed by atoms with Gasteiger partial charge in [0.25, 0.3) is 0 Å². The van der Waals surface area contributed by atoms with Crippen molar-refractivity contribution < 1.29 is 4.74 Å². The van der Waals surface area contributed by atoms with Crippen LogP contribution in [0, 0.1) is 0 Å². The summed E-state index contributed by atoms with van der Waals surface area (Å²) in [7, 11) is 1.74. The summed E-state index contributed by atoms with van der Waals surface area (Å²) in [5.41, 5.74) is 2.81. The minimum Gasteiger partial charge on any atom is -0.381 e. The first-order chi connectivity index (χ1) is 12.7. The Labute approximate surface area is 153 Å². The van der Waals surface area contributed by atoms with E-state index in [2.05, 4.69) is 25.4 Å². The Morgan fingerprint density at radius 3 is 2.88 bits per heavy atom. The molecule has 26 heavy (non-hydrogen) atoms. The molecule has 1 N–H and O–H groups in total. The summed E-state index contributed by atoms with van der Waals surface area (Å²) < 4.78 is 8.87. The monoisotopic (exact) mass is 369 g/mol. The molecule has 0 bridgehead atoms. The predicted molar refractivity (Wildman–Crippen MR) is 97.4 cm³/mol. The summed E-state index contributed by atoms with van der Waals surface area (Å²) in [4.78, 5) is 12.9. The Bertz CT molecular complexity index is 1100. The van der Waals surface area contributed by atoms with E-state index >= 15 is 0 Å². The number of hydrogen-bond donors (Lipinski definition) is 1. The van der Waals surface area contributed by atoms with Gasteiger partial charge in [0, 0.05) is 42.9 Å². The van der Waals surface area contributed by atoms with E-state index in [1.54, 1.807) is 23.9 Å². The lowest BCUT2D eigenvalue weighted by atomic mass is 9.89. The van der Waals surface area contributed by atoms with E-state index in [0.717, 1.165) is 29.5 Å². The Kier molecular flexibility index (Phi) is 3.54. The lowest BCUT2D eigenvalue weighted by Crippen LogP contribution is -2.40. The summed E-state index contributed by atoms with van der Waals surface area (Å²) in [6, 6.07) is 2.36. The molecular weight excluding hydrogens is 354 g/mol. The van der Waals surface area contributed by atoms with Gasteiger partial charge in [0.15, 0.2) is 0 Å². The summed E-state index contributed by atoms with van der Waals surface area (Å²) >= 11 is 6.15. The van der Waals surface area contributed by atoms with Crippen LogP contribution in [0.2, 0.25) is 5.15 Å². The van der Waals surface area contributed by atoms with Gasteiger partial charge in [0.05, 0.1) is 24.0 Å². The minimum atomic E-state index is 0.340. The fraction of sp³-hybridized carbons (Fsp3) is 0.294. The van der Waals surface area contributed by atoms with Crippen molar-refractivity contribution in [3.05, 3.63) is 42.2 Å². The van der Waals surface area contributed by atoms with Gasteiger partial charge in [-0.25, -0.2) is 19.5 Å². The second kappa shape index (κ2) is 5.93. The Morgan fingerprint density at radius 1 is 1.19 bits per heavy atom. The molecule has 0 spiro atoms. The van der Waals surface area contributed by atoms with Crippen molar-refractivity contribution in [3.63, 3.8) is 0 Å². The summed E-state index contributed by atoms with van der Waals surface area (Å²) in [5.74, 6) is 1.19. The van der Waals surface area contributed by atoms with E-state index in [9.17, 15) is 0 Å². The van der Waals surface area contributed by atoms with Gasteiger partial charge >= 0.3 is 0 Å². The Balaban J connectivity index is 1.46. The largest absolute Gasteiger partial charge is 0.381 e. The van der Waals surface area contributed by atoms with Gasteiger partial charge < -0.3 is 10.1 Å². The molecule has 0 atom stereocenters. The number of nitrogens with one attached hydrogen (secondary N) is 1. The molecule has 4 heterocycles. The third-order valence-corrected chi connectivity index (χ3v) is 5.09. The van der Waals surface area contributed by atoms with Crippen LogP contribution in [0.4, 0.5) is 5.95 Å². The van der Waals surface area contributed by atoms with Crippen molar-refractivity contribution in [1.82, 2.24) is 29.0 Å². The standard InChI is InChI=1S/C17H16ClN7O/c1-26-12-4-11(5-12)22-16-19-7-14-13(2-3-25(14)23-16)10-6-20-17-21-8-15(18)24(17)9-10/h2-3,6-9,11-12H,4-5H2,1H3,(H,22,23). The highest BCUT2D eigenvalue weighted by Crippen LogP contribution is 2.27. The van der Waals surface area contributed by atoms with Crippen molar-refractivity contribution >= 4 is 28.8 Å². The third kappa shape index (κ3) is 2.49. The van der Waals surface area contributed by atoms with E-state index in [4.69, 9.17) is 16.3 Å². The molecule has 0 unspecified atom stereocenters. The van der Waals surface area contributed by atoms with Crippen LogP contribution in [-0.2, 0) is 4.74 Å². The molecule has 1 fully saturated rings. The molecule has 132 valence electrons. The van der Waals surface area contributed by atoms with Gasteiger partial charge in [-0.1, -0.05) is 11.6 Å². The average molecular weight is 370 g/mol. The number of imidazole rings is 1. The molecule has 0 radical (unpaired) electrons. The van der Waals surface area contributed by atoms with Crippen LogP contribution in [0.3, 0.4) is 0 Å². The molecule has 0 saturated heterocycles. The first-order valence-corrected chi connectivity index (χ1v) is 8.72. The SMILES string of the molecule is COC1CC(Nc2ncc3c(-c4cnc5ncc(Cl)n5c4)ccn3n2)C1. The van der Waals surface area contributed by atoms with Crippen LogP contribution in [0.25, 0.3) is 22.4 Å². The second-order valence-electron chi connectivity index (χ2n) is 6.40. The average Bonchev–Trinajstić information content (AvgIpc) is 3.21. The molecule has 0 aromatic carbocycles. The molecule has 8 nitrogen and oxygen atoms in total. The van der Waals surface area contributed by atoms with Crippen molar-refractivity contribution in [2.75, 3.05) is 12.4 Å². The fourth-order valence-corrected chi connectivity index (χ4v) is 3.43. The fourth-order valence-electron chi connectivity index (χ4n) is 3.25. The number of hydrogen-bond acceptors (Lipinski definition) is 6. The zero-order valence-electron chi connectivity index (χ0n) is 14.0. The number of aromatic nitrogens is 6. The van der Waals surface area contributed by atoms with Crippen LogP contribution in [0.15, 0.2) is 37.1 Å². The molecule has 1 aliphatic carbocycles. The first kappa shape index (κ1) is 15.5. The molecule has 4 aromatic heterocycles. The van der Waals surface area contributed by atoms with Crippen molar-refractivity contribution in [2.45, 2.75) is 25.0 Å². The minimum absolute atomic E-state index is 0.340. The first-order valence-electron chi connectivity index (χ1n) is 8.34. The number of nitrogens with zero attached hydrogens (tertiary/aromatic N) is 6. The molecule has 1 aliphatic rings. The van der Waals surface area contributed by atoms with Gasteiger partial charge in [-0.2, -0.15) is 0 Å². The highest BCUT2D eigenvalue weighted by molar-refractivity contribution is 6.29. The zero-order chi connectivity index (χ0) is 17.7. The van der Waals surface area contributed by atoms with Gasteiger partial charge in [-0.3, -0.25) is 4.40 Å². The molecule has 0 aliphatic heterocycles. The van der Waals surface area contributed by atoms with Crippen LogP contribution < -0.4 is 5.32 Å². The number of anilines is 1. The summed E-state index contributed by atoms with van der Waals surface area (Å²) in [5, 5.41) is 8.42. The predicted octanol–water partition coefficient (Wildman–Crippen LogP) is 2.68.